The van der Waals surface area contributed by atoms with E-state index in [1.165, 1.54) is 0 Å². The van der Waals surface area contributed by atoms with E-state index in [4.69, 9.17) is 6.42 Å². The smallest absolute Gasteiger partial charge is 0.542 e. The van der Waals surface area contributed by atoms with Crippen molar-refractivity contribution >= 4 is 6.29 Å². The normalized spacial score (nSPS) is 34.5. The molecule has 1 rings (SSSR count). The SMILES string of the molecule is C#CC1(O)CCC([C-]=O)CC1.[Rb+]. The molecule has 60 valence electrons. The molecular formula is C9H11O2Rb. The molecule has 0 aromatic heterocycles. The molecular weight excluding hydrogens is 226 g/mol. The largest absolute Gasteiger partial charge is 1.00 e. The van der Waals surface area contributed by atoms with Crippen molar-refractivity contribution in [3.8, 4) is 12.3 Å². The first-order chi connectivity index (χ1) is 5.20. The Labute approximate surface area is 122 Å². The van der Waals surface area contributed by atoms with E-state index in [1.807, 2.05) is 6.29 Å². The van der Waals surface area contributed by atoms with E-state index in [9.17, 15) is 9.90 Å². The molecule has 0 bridgehead atoms. The van der Waals surface area contributed by atoms with Crippen LogP contribution in [0.25, 0.3) is 0 Å². The van der Waals surface area contributed by atoms with Crippen molar-refractivity contribution in [3.63, 3.8) is 0 Å². The molecule has 0 aromatic rings. The van der Waals surface area contributed by atoms with Gasteiger partial charge in [0.2, 0.25) is 0 Å². The van der Waals surface area contributed by atoms with Gasteiger partial charge in [0.25, 0.3) is 0 Å². The van der Waals surface area contributed by atoms with Gasteiger partial charge in [-0.1, -0.05) is 18.8 Å². The van der Waals surface area contributed by atoms with Crippen LogP contribution >= 0.6 is 0 Å². The maximum atomic E-state index is 10.2. The molecule has 0 heterocycles. The van der Waals surface area contributed by atoms with Gasteiger partial charge in [-0.2, -0.15) is 0 Å². The third-order valence-corrected chi connectivity index (χ3v) is 2.25. The van der Waals surface area contributed by atoms with E-state index in [2.05, 4.69) is 5.92 Å². The second-order valence-electron chi connectivity index (χ2n) is 3.07. The maximum absolute atomic E-state index is 10.2. The maximum Gasteiger partial charge on any atom is 1.00 e. The summed E-state index contributed by atoms with van der Waals surface area (Å²) in [5, 5.41) is 9.53. The predicted octanol–water partition coefficient (Wildman–Crippen LogP) is -2.35. The number of aliphatic hydroxyl groups is 1. The summed E-state index contributed by atoms with van der Waals surface area (Å²) in [5.74, 6) is 2.34. The topological polar surface area (TPSA) is 37.3 Å². The number of hydrogen-bond acceptors (Lipinski definition) is 2. The minimum atomic E-state index is -0.951. The summed E-state index contributed by atoms with van der Waals surface area (Å²) in [7, 11) is 0. The fourth-order valence-corrected chi connectivity index (χ4v) is 1.36. The fraction of sp³-hybridized carbons (Fsp3) is 0.667. The third-order valence-electron chi connectivity index (χ3n) is 2.25. The monoisotopic (exact) mass is 236 g/mol. The van der Waals surface area contributed by atoms with E-state index in [0.717, 1.165) is 0 Å². The van der Waals surface area contributed by atoms with Crippen molar-refractivity contribution in [2.24, 2.45) is 5.92 Å². The van der Waals surface area contributed by atoms with Gasteiger partial charge in [-0.15, -0.1) is 12.3 Å². The van der Waals surface area contributed by atoms with Crippen LogP contribution in [0.5, 0.6) is 0 Å². The quantitative estimate of drug-likeness (QED) is 0.409. The number of carbonyl (C=O) groups excluding carboxylic acids is 1. The van der Waals surface area contributed by atoms with Crippen LogP contribution in [0.2, 0.25) is 0 Å². The average molecular weight is 237 g/mol. The summed E-state index contributed by atoms with van der Waals surface area (Å²) in [6.45, 7) is 0. The summed E-state index contributed by atoms with van der Waals surface area (Å²) in [5.41, 5.74) is -0.951. The molecule has 1 fully saturated rings. The molecule has 0 amide bonds. The van der Waals surface area contributed by atoms with Gasteiger partial charge in [-0.05, 0) is 12.8 Å². The second kappa shape index (κ2) is 5.67. The summed E-state index contributed by atoms with van der Waals surface area (Å²) in [6, 6.07) is 0. The van der Waals surface area contributed by atoms with E-state index in [-0.39, 0.29) is 64.1 Å². The zero-order valence-electron chi connectivity index (χ0n) is 7.34. The fourth-order valence-electron chi connectivity index (χ4n) is 1.36. The Morgan fingerprint density at radius 2 is 2.00 bits per heavy atom. The van der Waals surface area contributed by atoms with Crippen LogP contribution in [0.15, 0.2) is 0 Å². The first kappa shape index (κ1) is 13.0. The van der Waals surface area contributed by atoms with Crippen molar-refractivity contribution in [2.75, 3.05) is 0 Å². The molecule has 0 aromatic carbocycles. The van der Waals surface area contributed by atoms with Crippen LogP contribution in [-0.2, 0) is 4.79 Å². The number of terminal acetylenes is 1. The van der Waals surface area contributed by atoms with Crippen LogP contribution in [0.4, 0.5) is 0 Å². The van der Waals surface area contributed by atoms with Gasteiger partial charge < -0.3 is 9.90 Å². The van der Waals surface area contributed by atoms with Gasteiger partial charge in [0, 0.05) is 0 Å². The van der Waals surface area contributed by atoms with Crippen LogP contribution < -0.4 is 58.2 Å². The van der Waals surface area contributed by atoms with Gasteiger partial charge >= 0.3 is 58.2 Å². The zero-order valence-corrected chi connectivity index (χ0v) is 12.3. The molecule has 2 nitrogen and oxygen atoms in total. The van der Waals surface area contributed by atoms with Crippen LogP contribution in [0.3, 0.4) is 0 Å². The second-order valence-corrected chi connectivity index (χ2v) is 3.07. The molecule has 0 radical (unpaired) electrons. The van der Waals surface area contributed by atoms with Crippen LogP contribution in [-0.4, -0.2) is 17.0 Å². The number of rotatable bonds is 1. The summed E-state index contributed by atoms with van der Waals surface area (Å²) >= 11 is 0. The molecule has 1 aliphatic rings. The van der Waals surface area contributed by atoms with Gasteiger partial charge in [-0.3, -0.25) is 6.29 Å². The molecule has 0 unspecified atom stereocenters. The third kappa shape index (κ3) is 3.39. The number of hydrogen-bond donors (Lipinski definition) is 1. The Bertz CT molecular complexity index is 187. The minimum Gasteiger partial charge on any atom is -0.542 e. The summed E-state index contributed by atoms with van der Waals surface area (Å²) < 4.78 is 0. The molecule has 0 saturated heterocycles. The van der Waals surface area contributed by atoms with E-state index >= 15 is 0 Å². The predicted molar refractivity (Wildman–Crippen MR) is 41.4 cm³/mol. The van der Waals surface area contributed by atoms with E-state index in [1.54, 1.807) is 0 Å². The van der Waals surface area contributed by atoms with Crippen molar-refractivity contribution in [1.29, 1.82) is 0 Å². The molecule has 3 heteroatoms. The van der Waals surface area contributed by atoms with Gasteiger partial charge in [0.1, 0.15) is 5.60 Å². The van der Waals surface area contributed by atoms with Crippen molar-refractivity contribution in [2.45, 2.75) is 31.3 Å². The zero-order chi connectivity index (χ0) is 8.32. The van der Waals surface area contributed by atoms with E-state index in [0.29, 0.717) is 25.7 Å². The van der Waals surface area contributed by atoms with Gasteiger partial charge in [0.15, 0.2) is 0 Å². The molecule has 0 atom stereocenters. The van der Waals surface area contributed by atoms with Gasteiger partial charge in [0.05, 0.1) is 0 Å². The molecule has 0 spiro atoms. The Kier molecular flexibility index (Phi) is 6.14. The van der Waals surface area contributed by atoms with Crippen molar-refractivity contribution < 1.29 is 68.1 Å². The molecule has 1 aliphatic carbocycles. The molecule has 1 N–H and O–H groups in total. The van der Waals surface area contributed by atoms with Crippen LogP contribution in [0, 0.1) is 18.3 Å². The van der Waals surface area contributed by atoms with E-state index < -0.39 is 5.60 Å². The van der Waals surface area contributed by atoms with Gasteiger partial charge in [-0.25, -0.2) is 0 Å². The molecule has 12 heavy (non-hydrogen) atoms. The summed E-state index contributed by atoms with van der Waals surface area (Å²) in [6.07, 6.45) is 9.47. The minimum absolute atomic E-state index is 0. The Hall–Kier alpha value is 0.995. The molecule has 0 aliphatic heterocycles. The Balaban J connectivity index is 0.00000121. The average Bonchev–Trinajstić information content (AvgIpc) is 2.06. The van der Waals surface area contributed by atoms with Crippen molar-refractivity contribution in [1.82, 2.24) is 0 Å². The Morgan fingerprint density at radius 3 is 2.33 bits per heavy atom. The first-order valence-corrected chi connectivity index (χ1v) is 3.78. The Morgan fingerprint density at radius 1 is 1.50 bits per heavy atom. The van der Waals surface area contributed by atoms with Crippen molar-refractivity contribution in [3.05, 3.63) is 0 Å². The standard InChI is InChI=1S/C9H11O2.Rb/c1-2-9(11)5-3-8(7-10)4-6-9;/h1,8,11H,3-6H2;/q-1;+1. The van der Waals surface area contributed by atoms with Crippen LogP contribution in [0.1, 0.15) is 25.7 Å². The molecule has 1 saturated carbocycles. The summed E-state index contributed by atoms with van der Waals surface area (Å²) in [4.78, 5) is 10.2. The first-order valence-electron chi connectivity index (χ1n) is 3.78.